The Labute approximate surface area is 208 Å². The number of benzene rings is 2. The van der Waals surface area contributed by atoms with E-state index >= 15 is 0 Å². The lowest BCUT2D eigenvalue weighted by atomic mass is 9.96. The fourth-order valence-corrected chi connectivity index (χ4v) is 5.02. The van der Waals surface area contributed by atoms with Crippen molar-refractivity contribution in [1.82, 2.24) is 0 Å². The number of hydrogen-bond donors (Lipinski definition) is 2. The van der Waals surface area contributed by atoms with Crippen LogP contribution in [0.15, 0.2) is 30.3 Å². The van der Waals surface area contributed by atoms with E-state index in [0.29, 0.717) is 5.39 Å². The number of carbonyl (C=O) groups is 1. The van der Waals surface area contributed by atoms with Crippen molar-refractivity contribution in [3.63, 3.8) is 0 Å². The molecular weight excluding hydrogens is 420 g/mol. The van der Waals surface area contributed by atoms with Crippen molar-refractivity contribution < 1.29 is 15.0 Å². The molecule has 0 aliphatic carbocycles. The van der Waals surface area contributed by atoms with E-state index in [2.05, 4.69) is 6.92 Å². The highest BCUT2D eigenvalue weighted by Gasteiger charge is 2.17. The molecule has 2 aromatic carbocycles. The van der Waals surface area contributed by atoms with Crippen LogP contribution in [0.25, 0.3) is 10.8 Å². The third-order valence-corrected chi connectivity index (χ3v) is 7.11. The third kappa shape index (κ3) is 10.5. The van der Waals surface area contributed by atoms with Crippen LogP contribution in [-0.2, 0) is 6.42 Å². The Hall–Kier alpha value is -2.03. The number of hydrogen-bond acceptors (Lipinski definition) is 2. The summed E-state index contributed by atoms with van der Waals surface area (Å²) >= 11 is 0. The van der Waals surface area contributed by atoms with E-state index < -0.39 is 5.97 Å². The molecule has 0 spiro atoms. The molecule has 0 fully saturated rings. The highest BCUT2D eigenvalue weighted by atomic mass is 16.4. The second-order valence-corrected chi connectivity index (χ2v) is 10.0. The van der Waals surface area contributed by atoms with Crippen molar-refractivity contribution in [3.8, 4) is 5.75 Å². The van der Waals surface area contributed by atoms with Gasteiger partial charge in [-0.05, 0) is 35.2 Å². The number of aromatic hydroxyl groups is 1. The third-order valence-electron chi connectivity index (χ3n) is 7.11. The van der Waals surface area contributed by atoms with Gasteiger partial charge in [-0.15, -0.1) is 0 Å². The Morgan fingerprint density at radius 2 is 1.12 bits per heavy atom. The van der Waals surface area contributed by atoms with Gasteiger partial charge in [0.05, 0.1) is 0 Å². The van der Waals surface area contributed by atoms with Gasteiger partial charge < -0.3 is 10.2 Å². The zero-order valence-electron chi connectivity index (χ0n) is 21.6. The Morgan fingerprint density at radius 1 is 0.676 bits per heavy atom. The largest absolute Gasteiger partial charge is 0.507 e. The molecule has 0 saturated heterocycles. The molecule has 0 heterocycles. The molecule has 190 valence electrons. The maximum atomic E-state index is 11.7. The SMILES string of the molecule is CCCCCCCCCCCCCCCCCCCCc1cc2ccccc2c(C(=O)O)c1O. The molecule has 34 heavy (non-hydrogen) atoms. The molecule has 3 nitrogen and oxygen atoms in total. The van der Waals surface area contributed by atoms with Gasteiger partial charge in [0.2, 0.25) is 0 Å². The first-order chi connectivity index (χ1) is 16.6. The quantitative estimate of drug-likeness (QED) is 0.190. The van der Waals surface area contributed by atoms with Gasteiger partial charge in [0.25, 0.3) is 0 Å². The van der Waals surface area contributed by atoms with Crippen LogP contribution >= 0.6 is 0 Å². The van der Waals surface area contributed by atoms with Crippen LogP contribution in [0.1, 0.15) is 138 Å². The molecule has 0 aliphatic rings. The fraction of sp³-hybridized carbons (Fsp3) is 0.645. The van der Waals surface area contributed by atoms with Crippen LogP contribution in [0.3, 0.4) is 0 Å². The normalized spacial score (nSPS) is 11.3. The number of aryl methyl sites for hydroxylation is 1. The minimum absolute atomic E-state index is 0.0375. The zero-order valence-corrected chi connectivity index (χ0v) is 21.6. The average molecular weight is 469 g/mol. The second-order valence-electron chi connectivity index (χ2n) is 10.0. The Balaban J connectivity index is 1.47. The number of carboxylic acids is 1. The maximum Gasteiger partial charge on any atom is 0.340 e. The van der Waals surface area contributed by atoms with E-state index in [9.17, 15) is 15.0 Å². The topological polar surface area (TPSA) is 57.5 Å². The molecule has 0 unspecified atom stereocenters. The van der Waals surface area contributed by atoms with E-state index in [1.165, 1.54) is 103 Å². The lowest BCUT2D eigenvalue weighted by Gasteiger charge is -2.11. The Morgan fingerprint density at radius 3 is 1.59 bits per heavy atom. The van der Waals surface area contributed by atoms with Crippen molar-refractivity contribution in [2.45, 2.75) is 129 Å². The van der Waals surface area contributed by atoms with E-state index in [1.807, 2.05) is 24.3 Å². The van der Waals surface area contributed by atoms with Gasteiger partial charge >= 0.3 is 5.97 Å². The van der Waals surface area contributed by atoms with Crippen LogP contribution in [0.4, 0.5) is 0 Å². The summed E-state index contributed by atoms with van der Waals surface area (Å²) in [4.78, 5) is 11.7. The standard InChI is InChI=1S/C31H48O3/c1-2-3-4-5-6-7-8-9-10-11-12-13-14-15-16-17-18-19-23-27-25-26-22-20-21-24-28(26)29(30(27)32)31(33)34/h20-22,24-25,32H,2-19,23H2,1H3,(H,33,34). The molecule has 0 aromatic heterocycles. The molecule has 0 radical (unpaired) electrons. The van der Waals surface area contributed by atoms with Crippen LogP contribution in [0.5, 0.6) is 5.75 Å². The van der Waals surface area contributed by atoms with Crippen molar-refractivity contribution >= 4 is 16.7 Å². The summed E-state index contributed by atoms with van der Waals surface area (Å²) < 4.78 is 0. The number of rotatable bonds is 20. The summed E-state index contributed by atoms with van der Waals surface area (Å²) in [5, 5.41) is 21.6. The van der Waals surface area contributed by atoms with Gasteiger partial charge in [0, 0.05) is 0 Å². The predicted octanol–water partition coefficient (Wildman–Crippen LogP) is 9.83. The van der Waals surface area contributed by atoms with E-state index in [-0.39, 0.29) is 11.3 Å². The van der Waals surface area contributed by atoms with Crippen molar-refractivity contribution in [2.24, 2.45) is 0 Å². The highest BCUT2D eigenvalue weighted by molar-refractivity contribution is 6.06. The van der Waals surface area contributed by atoms with Gasteiger partial charge in [-0.3, -0.25) is 0 Å². The number of carboxylic acid groups (broad SMARTS) is 1. The first-order valence-electron chi connectivity index (χ1n) is 14.1. The van der Waals surface area contributed by atoms with E-state index in [1.54, 1.807) is 6.07 Å². The summed E-state index contributed by atoms with van der Waals surface area (Å²) in [6.45, 7) is 2.28. The number of aromatic carboxylic acids is 1. The van der Waals surface area contributed by atoms with Crippen LogP contribution in [-0.4, -0.2) is 16.2 Å². The van der Waals surface area contributed by atoms with Crippen LogP contribution in [0.2, 0.25) is 0 Å². The maximum absolute atomic E-state index is 11.7. The monoisotopic (exact) mass is 468 g/mol. The first kappa shape index (κ1) is 28.2. The number of unbranched alkanes of at least 4 members (excludes halogenated alkanes) is 17. The molecule has 0 bridgehead atoms. The Kier molecular flexibility index (Phi) is 14.4. The minimum Gasteiger partial charge on any atom is -0.507 e. The predicted molar refractivity (Wildman–Crippen MR) is 145 cm³/mol. The molecule has 2 N–H and O–H groups in total. The van der Waals surface area contributed by atoms with Gasteiger partial charge in [0.1, 0.15) is 11.3 Å². The molecule has 0 aliphatic heterocycles. The minimum atomic E-state index is -1.06. The van der Waals surface area contributed by atoms with E-state index in [4.69, 9.17) is 0 Å². The highest BCUT2D eigenvalue weighted by Crippen LogP contribution is 2.32. The zero-order chi connectivity index (χ0) is 24.4. The van der Waals surface area contributed by atoms with Crippen molar-refractivity contribution in [2.75, 3.05) is 0 Å². The molecule has 3 heteroatoms. The summed E-state index contributed by atoms with van der Waals surface area (Å²) in [5.41, 5.74) is 0.795. The first-order valence-corrected chi connectivity index (χ1v) is 14.1. The van der Waals surface area contributed by atoms with Crippen LogP contribution < -0.4 is 0 Å². The number of fused-ring (bicyclic) bond motifs is 1. The molecule has 0 atom stereocenters. The van der Waals surface area contributed by atoms with Crippen molar-refractivity contribution in [3.05, 3.63) is 41.5 Å². The molecular formula is C31H48O3. The Bertz CT molecular complexity index is 827. The smallest absolute Gasteiger partial charge is 0.340 e. The molecule has 2 rings (SSSR count). The lowest BCUT2D eigenvalue weighted by molar-refractivity contribution is 0.0696. The van der Waals surface area contributed by atoms with Gasteiger partial charge in [0.15, 0.2) is 0 Å². The summed E-state index contributed by atoms with van der Waals surface area (Å²) in [6.07, 6.45) is 25.0. The molecule has 2 aromatic rings. The van der Waals surface area contributed by atoms with Gasteiger partial charge in [-0.2, -0.15) is 0 Å². The average Bonchev–Trinajstić information content (AvgIpc) is 2.83. The van der Waals surface area contributed by atoms with Crippen molar-refractivity contribution in [1.29, 1.82) is 0 Å². The van der Waals surface area contributed by atoms with E-state index in [0.717, 1.165) is 30.2 Å². The summed E-state index contributed by atoms with van der Waals surface area (Å²) in [6, 6.07) is 9.35. The molecule has 0 amide bonds. The second kappa shape index (κ2) is 17.4. The molecule has 0 saturated carbocycles. The van der Waals surface area contributed by atoms with Crippen LogP contribution in [0, 0.1) is 0 Å². The summed E-state index contributed by atoms with van der Waals surface area (Å²) in [5.74, 6) is -1.12. The number of phenols is 1. The van der Waals surface area contributed by atoms with Gasteiger partial charge in [-0.25, -0.2) is 4.79 Å². The summed E-state index contributed by atoms with van der Waals surface area (Å²) in [7, 11) is 0. The van der Waals surface area contributed by atoms with Gasteiger partial charge in [-0.1, -0.05) is 140 Å². The lowest BCUT2D eigenvalue weighted by Crippen LogP contribution is -2.01. The fourth-order valence-electron chi connectivity index (χ4n) is 5.02.